The number of benzene rings is 2. The van der Waals surface area contributed by atoms with Gasteiger partial charge in [-0.2, -0.15) is 0 Å². The average molecular weight is 320 g/mol. The van der Waals surface area contributed by atoms with Gasteiger partial charge in [0.2, 0.25) is 0 Å². The molecule has 2 heteroatoms. The summed E-state index contributed by atoms with van der Waals surface area (Å²) in [6, 6.07) is 15.5. The Bertz CT molecular complexity index is 833. The van der Waals surface area contributed by atoms with E-state index < -0.39 is 0 Å². The van der Waals surface area contributed by atoms with Crippen molar-refractivity contribution in [1.29, 1.82) is 0 Å². The number of aromatic nitrogens is 1. The van der Waals surface area contributed by atoms with E-state index in [4.69, 9.17) is 5.73 Å². The third-order valence-electron chi connectivity index (χ3n) is 4.83. The van der Waals surface area contributed by atoms with Crippen LogP contribution in [-0.2, 0) is 18.3 Å². The highest BCUT2D eigenvalue weighted by molar-refractivity contribution is 5.98. The number of H-pyrrole nitrogens is 1. The zero-order valence-electron chi connectivity index (χ0n) is 15.2. The second-order valence-corrected chi connectivity index (χ2v) is 7.53. The van der Waals surface area contributed by atoms with Gasteiger partial charge in [-0.05, 0) is 53.1 Å². The summed E-state index contributed by atoms with van der Waals surface area (Å²) in [5.41, 5.74) is 13.9. The molecule has 2 aromatic carbocycles. The predicted octanol–water partition coefficient (Wildman–Crippen LogP) is 5.20. The van der Waals surface area contributed by atoms with Crippen LogP contribution in [0.4, 0.5) is 0 Å². The molecule has 0 radical (unpaired) electrons. The molecule has 3 N–H and O–H groups in total. The van der Waals surface area contributed by atoms with Crippen LogP contribution in [0.3, 0.4) is 0 Å². The first-order chi connectivity index (χ1) is 11.5. The van der Waals surface area contributed by atoms with Crippen LogP contribution in [0.5, 0.6) is 0 Å². The highest BCUT2D eigenvalue weighted by Gasteiger charge is 2.16. The van der Waals surface area contributed by atoms with Crippen molar-refractivity contribution in [1.82, 2.24) is 4.98 Å². The number of aromatic amines is 1. The molecular formula is C22H28N2. The van der Waals surface area contributed by atoms with Crippen LogP contribution >= 0.6 is 0 Å². The zero-order chi connectivity index (χ0) is 17.3. The van der Waals surface area contributed by atoms with Crippen molar-refractivity contribution in [3.63, 3.8) is 0 Å². The summed E-state index contributed by atoms with van der Waals surface area (Å²) in [4.78, 5) is 3.59. The van der Waals surface area contributed by atoms with Gasteiger partial charge in [0, 0.05) is 16.6 Å². The van der Waals surface area contributed by atoms with E-state index in [1.807, 2.05) is 0 Å². The molecule has 126 valence electrons. The normalized spacial score (nSPS) is 12.0. The quantitative estimate of drug-likeness (QED) is 0.682. The molecule has 0 amide bonds. The van der Waals surface area contributed by atoms with E-state index >= 15 is 0 Å². The molecule has 0 spiro atoms. The van der Waals surface area contributed by atoms with E-state index in [0.29, 0.717) is 6.54 Å². The number of hydrogen-bond acceptors (Lipinski definition) is 1. The predicted molar refractivity (Wildman–Crippen MR) is 105 cm³/mol. The minimum Gasteiger partial charge on any atom is -0.358 e. The lowest BCUT2D eigenvalue weighted by atomic mass is 9.86. The monoisotopic (exact) mass is 320 g/mol. The summed E-state index contributed by atoms with van der Waals surface area (Å²) >= 11 is 0. The fourth-order valence-electron chi connectivity index (χ4n) is 3.48. The summed E-state index contributed by atoms with van der Waals surface area (Å²) < 4.78 is 0. The van der Waals surface area contributed by atoms with Gasteiger partial charge < -0.3 is 10.7 Å². The largest absolute Gasteiger partial charge is 0.358 e. The Morgan fingerprint density at radius 2 is 1.71 bits per heavy atom. The topological polar surface area (TPSA) is 41.8 Å². The molecule has 0 aliphatic rings. The van der Waals surface area contributed by atoms with Gasteiger partial charge in [0.05, 0.1) is 0 Å². The van der Waals surface area contributed by atoms with Crippen LogP contribution in [0.25, 0.3) is 22.0 Å². The Hall–Kier alpha value is -2.06. The van der Waals surface area contributed by atoms with Gasteiger partial charge in [-0.3, -0.25) is 0 Å². The summed E-state index contributed by atoms with van der Waals surface area (Å²) in [7, 11) is 0. The first-order valence-electron chi connectivity index (χ1n) is 8.89. The average Bonchev–Trinajstić information content (AvgIpc) is 2.92. The molecular weight excluding hydrogens is 292 g/mol. The maximum Gasteiger partial charge on any atom is 0.0465 e. The van der Waals surface area contributed by atoms with Gasteiger partial charge in [-0.25, -0.2) is 0 Å². The van der Waals surface area contributed by atoms with Crippen LogP contribution in [0.1, 0.15) is 44.5 Å². The zero-order valence-corrected chi connectivity index (χ0v) is 15.2. The SMILES string of the molecule is CCc1[nH]c2cccc(-c3ccc(C(C)(C)C)cc3)c2c1CCN. The first-order valence-corrected chi connectivity index (χ1v) is 8.89. The van der Waals surface area contributed by atoms with Crippen molar-refractivity contribution in [2.24, 2.45) is 5.73 Å². The van der Waals surface area contributed by atoms with E-state index in [1.54, 1.807) is 0 Å². The van der Waals surface area contributed by atoms with Crippen molar-refractivity contribution in [3.05, 3.63) is 59.3 Å². The molecule has 0 fully saturated rings. The maximum absolute atomic E-state index is 5.88. The lowest BCUT2D eigenvalue weighted by molar-refractivity contribution is 0.590. The van der Waals surface area contributed by atoms with E-state index in [9.17, 15) is 0 Å². The lowest BCUT2D eigenvalue weighted by Crippen LogP contribution is -2.10. The number of aryl methyl sites for hydroxylation is 1. The van der Waals surface area contributed by atoms with E-state index in [0.717, 1.165) is 12.8 Å². The number of fused-ring (bicyclic) bond motifs is 1. The molecule has 24 heavy (non-hydrogen) atoms. The molecule has 1 heterocycles. The van der Waals surface area contributed by atoms with Gasteiger partial charge in [0.1, 0.15) is 0 Å². The van der Waals surface area contributed by atoms with Gasteiger partial charge in [-0.15, -0.1) is 0 Å². The molecule has 2 nitrogen and oxygen atoms in total. The van der Waals surface area contributed by atoms with E-state index in [-0.39, 0.29) is 5.41 Å². The van der Waals surface area contributed by atoms with Crippen molar-refractivity contribution >= 4 is 10.9 Å². The lowest BCUT2D eigenvalue weighted by Gasteiger charge is -2.19. The van der Waals surface area contributed by atoms with Crippen LogP contribution in [0.2, 0.25) is 0 Å². The van der Waals surface area contributed by atoms with Crippen LogP contribution in [-0.4, -0.2) is 11.5 Å². The smallest absolute Gasteiger partial charge is 0.0465 e. The minimum absolute atomic E-state index is 0.179. The Labute approximate surface area is 145 Å². The fourth-order valence-corrected chi connectivity index (χ4v) is 3.48. The van der Waals surface area contributed by atoms with Gasteiger partial charge in [0.15, 0.2) is 0 Å². The Kier molecular flexibility index (Phi) is 4.51. The molecule has 3 rings (SSSR count). The minimum atomic E-state index is 0.179. The number of hydrogen-bond donors (Lipinski definition) is 2. The molecule has 0 unspecified atom stereocenters. The molecule has 0 saturated heterocycles. The summed E-state index contributed by atoms with van der Waals surface area (Å²) in [5, 5.41) is 1.34. The molecule has 1 aromatic heterocycles. The second-order valence-electron chi connectivity index (χ2n) is 7.53. The molecule has 0 aliphatic carbocycles. The molecule has 3 aromatic rings. The van der Waals surface area contributed by atoms with Crippen LogP contribution < -0.4 is 5.73 Å². The number of rotatable bonds is 4. The van der Waals surface area contributed by atoms with Gasteiger partial charge >= 0.3 is 0 Å². The van der Waals surface area contributed by atoms with E-state index in [2.05, 4.69) is 75.1 Å². The maximum atomic E-state index is 5.88. The number of nitrogens with two attached hydrogens (primary N) is 1. The van der Waals surface area contributed by atoms with E-state index in [1.165, 1.54) is 38.9 Å². The highest BCUT2D eigenvalue weighted by Crippen LogP contribution is 2.34. The summed E-state index contributed by atoms with van der Waals surface area (Å²) in [5.74, 6) is 0. The first kappa shape index (κ1) is 16.8. The fraction of sp³-hybridized carbons (Fsp3) is 0.364. The number of nitrogens with one attached hydrogen (secondary N) is 1. The molecule has 0 saturated carbocycles. The Balaban J connectivity index is 2.17. The van der Waals surface area contributed by atoms with Crippen molar-refractivity contribution in [3.8, 4) is 11.1 Å². The van der Waals surface area contributed by atoms with Gasteiger partial charge in [-0.1, -0.05) is 64.1 Å². The molecule has 0 bridgehead atoms. The third-order valence-corrected chi connectivity index (χ3v) is 4.83. The van der Waals surface area contributed by atoms with Crippen LogP contribution in [0.15, 0.2) is 42.5 Å². The van der Waals surface area contributed by atoms with Crippen LogP contribution in [0, 0.1) is 0 Å². The van der Waals surface area contributed by atoms with Crippen molar-refractivity contribution in [2.75, 3.05) is 6.54 Å². The summed E-state index contributed by atoms with van der Waals surface area (Å²) in [6.45, 7) is 9.63. The molecule has 0 atom stereocenters. The Morgan fingerprint density at radius 3 is 2.29 bits per heavy atom. The third kappa shape index (κ3) is 2.99. The molecule has 0 aliphatic heterocycles. The van der Waals surface area contributed by atoms with Crippen molar-refractivity contribution in [2.45, 2.75) is 46.0 Å². The van der Waals surface area contributed by atoms with Crippen molar-refractivity contribution < 1.29 is 0 Å². The highest BCUT2D eigenvalue weighted by atomic mass is 14.7. The standard InChI is InChI=1S/C22H28N2/c1-5-19-18(13-14-23)21-17(7-6-8-20(21)24-19)15-9-11-16(12-10-15)22(2,3)4/h6-12,24H,5,13-14,23H2,1-4H3. The van der Waals surface area contributed by atoms with Gasteiger partial charge in [0.25, 0.3) is 0 Å². The Morgan fingerprint density at radius 1 is 1.00 bits per heavy atom. The summed E-state index contributed by atoms with van der Waals surface area (Å²) in [6.07, 6.45) is 1.92. The second kappa shape index (κ2) is 6.45.